The first kappa shape index (κ1) is 14.7. The molecule has 1 unspecified atom stereocenters. The lowest BCUT2D eigenvalue weighted by molar-refractivity contribution is 0.545. The summed E-state index contributed by atoms with van der Waals surface area (Å²) >= 11 is 0. The lowest BCUT2D eigenvalue weighted by atomic mass is 9.93. The Bertz CT molecular complexity index is 540. The zero-order valence-electron chi connectivity index (χ0n) is 12.4. The third-order valence-electron chi connectivity index (χ3n) is 3.78. The first-order chi connectivity index (χ1) is 9.61. The first-order valence-corrected chi connectivity index (χ1v) is 7.15. The molecular weight excluding hydrogens is 249 g/mol. The molecule has 0 amide bonds. The summed E-state index contributed by atoms with van der Waals surface area (Å²) in [6.45, 7) is 7.29. The van der Waals surface area contributed by atoms with Crippen molar-refractivity contribution in [2.24, 2.45) is 0 Å². The quantitative estimate of drug-likeness (QED) is 0.853. The van der Waals surface area contributed by atoms with E-state index in [1.807, 2.05) is 12.1 Å². The van der Waals surface area contributed by atoms with Crippen LogP contribution in [-0.2, 0) is 6.42 Å². The van der Waals surface area contributed by atoms with E-state index in [1.54, 1.807) is 0 Å². The maximum absolute atomic E-state index is 13.1. The van der Waals surface area contributed by atoms with Gasteiger partial charge in [-0.25, -0.2) is 4.39 Å². The van der Waals surface area contributed by atoms with Gasteiger partial charge < -0.3 is 5.32 Å². The van der Waals surface area contributed by atoms with Crippen LogP contribution in [0.5, 0.6) is 0 Å². The number of aryl methyl sites for hydroxylation is 2. The Balaban J connectivity index is 2.28. The molecule has 0 bridgehead atoms. The average Bonchev–Trinajstić information content (AvgIpc) is 2.43. The summed E-state index contributed by atoms with van der Waals surface area (Å²) in [7, 11) is 0. The van der Waals surface area contributed by atoms with Crippen LogP contribution in [0.1, 0.15) is 35.2 Å². The van der Waals surface area contributed by atoms with Crippen molar-refractivity contribution in [3.8, 4) is 0 Å². The molecule has 0 fully saturated rings. The van der Waals surface area contributed by atoms with Crippen molar-refractivity contribution < 1.29 is 4.39 Å². The Hall–Kier alpha value is -1.67. The molecule has 2 rings (SSSR count). The smallest absolute Gasteiger partial charge is 0.123 e. The van der Waals surface area contributed by atoms with Crippen LogP contribution in [0.4, 0.5) is 4.39 Å². The highest BCUT2D eigenvalue weighted by Crippen LogP contribution is 2.23. The monoisotopic (exact) mass is 271 g/mol. The van der Waals surface area contributed by atoms with E-state index >= 15 is 0 Å². The maximum Gasteiger partial charge on any atom is 0.123 e. The number of rotatable bonds is 5. The lowest BCUT2D eigenvalue weighted by Gasteiger charge is -2.21. The van der Waals surface area contributed by atoms with Gasteiger partial charge in [-0.1, -0.05) is 37.3 Å². The van der Waals surface area contributed by atoms with Gasteiger partial charge >= 0.3 is 0 Å². The molecule has 0 radical (unpaired) electrons. The summed E-state index contributed by atoms with van der Waals surface area (Å²) in [5.74, 6) is -0.184. The van der Waals surface area contributed by atoms with E-state index in [1.165, 1.54) is 28.8 Å². The molecule has 2 aromatic rings. The molecule has 1 nitrogen and oxygen atoms in total. The van der Waals surface area contributed by atoms with Crippen molar-refractivity contribution in [1.29, 1.82) is 0 Å². The number of hydrogen-bond donors (Lipinski definition) is 1. The van der Waals surface area contributed by atoms with Crippen molar-refractivity contribution >= 4 is 0 Å². The second-order valence-corrected chi connectivity index (χ2v) is 5.24. The van der Waals surface area contributed by atoms with Crippen LogP contribution in [0.2, 0.25) is 0 Å². The van der Waals surface area contributed by atoms with Gasteiger partial charge in [-0.15, -0.1) is 0 Å². The molecule has 0 aliphatic rings. The molecule has 0 aliphatic carbocycles. The Kier molecular flexibility index (Phi) is 4.91. The number of nitrogens with one attached hydrogen (secondary N) is 1. The molecule has 106 valence electrons. The molecule has 0 aromatic heterocycles. The van der Waals surface area contributed by atoms with Gasteiger partial charge in [0.25, 0.3) is 0 Å². The van der Waals surface area contributed by atoms with Crippen LogP contribution in [0.15, 0.2) is 42.5 Å². The van der Waals surface area contributed by atoms with Crippen LogP contribution in [0.3, 0.4) is 0 Å². The molecule has 0 spiro atoms. The third-order valence-corrected chi connectivity index (χ3v) is 3.78. The molecule has 2 heteroatoms. The minimum Gasteiger partial charge on any atom is -0.310 e. The van der Waals surface area contributed by atoms with Crippen LogP contribution < -0.4 is 5.32 Å². The Morgan fingerprint density at radius 1 is 1.00 bits per heavy atom. The largest absolute Gasteiger partial charge is 0.310 e. The van der Waals surface area contributed by atoms with Crippen molar-refractivity contribution in [2.45, 2.75) is 33.2 Å². The molecule has 0 saturated heterocycles. The van der Waals surface area contributed by atoms with Crippen LogP contribution in [0, 0.1) is 19.7 Å². The second kappa shape index (κ2) is 6.67. The highest BCUT2D eigenvalue weighted by atomic mass is 19.1. The summed E-state index contributed by atoms with van der Waals surface area (Å²) in [6.07, 6.45) is 0.929. The number of benzene rings is 2. The standard InChI is InChI=1S/C18H22FN/c1-4-20-18(15-8-10-16(19)11-9-15)12-17-13(2)6-5-7-14(17)3/h5-11,18,20H,4,12H2,1-3H3. The van der Waals surface area contributed by atoms with Gasteiger partial charge in [0.15, 0.2) is 0 Å². The molecule has 1 atom stereocenters. The maximum atomic E-state index is 13.1. The van der Waals surface area contributed by atoms with Gasteiger partial charge in [0.1, 0.15) is 5.82 Å². The van der Waals surface area contributed by atoms with Crippen molar-refractivity contribution in [1.82, 2.24) is 5.32 Å². The molecular formula is C18H22FN. The molecule has 0 heterocycles. The van der Waals surface area contributed by atoms with Gasteiger partial charge in [-0.3, -0.25) is 0 Å². The Labute approximate surface area is 120 Å². The highest BCUT2D eigenvalue weighted by molar-refractivity contribution is 5.35. The lowest BCUT2D eigenvalue weighted by Crippen LogP contribution is -2.23. The van der Waals surface area contributed by atoms with E-state index in [-0.39, 0.29) is 11.9 Å². The summed E-state index contributed by atoms with van der Waals surface area (Å²) in [4.78, 5) is 0. The van der Waals surface area contributed by atoms with E-state index in [0.29, 0.717) is 0 Å². The van der Waals surface area contributed by atoms with Crippen molar-refractivity contribution in [3.05, 3.63) is 70.5 Å². The van der Waals surface area contributed by atoms with E-state index in [4.69, 9.17) is 0 Å². The summed E-state index contributed by atoms with van der Waals surface area (Å²) < 4.78 is 13.1. The highest BCUT2D eigenvalue weighted by Gasteiger charge is 2.13. The summed E-state index contributed by atoms with van der Waals surface area (Å²) in [6, 6.07) is 13.4. The Morgan fingerprint density at radius 2 is 1.60 bits per heavy atom. The second-order valence-electron chi connectivity index (χ2n) is 5.24. The minimum absolute atomic E-state index is 0.184. The first-order valence-electron chi connectivity index (χ1n) is 7.15. The van der Waals surface area contributed by atoms with E-state index < -0.39 is 0 Å². The topological polar surface area (TPSA) is 12.0 Å². The number of hydrogen-bond acceptors (Lipinski definition) is 1. The number of halogens is 1. The van der Waals surface area contributed by atoms with Gasteiger partial charge in [-0.05, 0) is 61.2 Å². The van der Waals surface area contributed by atoms with Gasteiger partial charge in [0.05, 0.1) is 0 Å². The predicted molar refractivity (Wildman–Crippen MR) is 82.4 cm³/mol. The molecule has 20 heavy (non-hydrogen) atoms. The molecule has 1 N–H and O–H groups in total. The zero-order valence-corrected chi connectivity index (χ0v) is 12.4. The van der Waals surface area contributed by atoms with E-state index in [0.717, 1.165) is 18.5 Å². The van der Waals surface area contributed by atoms with E-state index in [2.05, 4.69) is 44.3 Å². The minimum atomic E-state index is -0.184. The van der Waals surface area contributed by atoms with Gasteiger partial charge in [-0.2, -0.15) is 0 Å². The fraction of sp³-hybridized carbons (Fsp3) is 0.333. The van der Waals surface area contributed by atoms with Crippen molar-refractivity contribution in [2.75, 3.05) is 6.54 Å². The fourth-order valence-electron chi connectivity index (χ4n) is 2.62. The normalized spacial score (nSPS) is 12.4. The molecule has 0 saturated carbocycles. The van der Waals surface area contributed by atoms with Crippen LogP contribution >= 0.6 is 0 Å². The number of likely N-dealkylation sites (N-methyl/N-ethyl adjacent to an activating group) is 1. The van der Waals surface area contributed by atoms with Crippen LogP contribution in [0.25, 0.3) is 0 Å². The SMILES string of the molecule is CCNC(Cc1c(C)cccc1C)c1ccc(F)cc1. The Morgan fingerprint density at radius 3 is 2.15 bits per heavy atom. The fourth-order valence-corrected chi connectivity index (χ4v) is 2.62. The van der Waals surface area contributed by atoms with E-state index in [9.17, 15) is 4.39 Å². The van der Waals surface area contributed by atoms with Gasteiger partial charge in [0.2, 0.25) is 0 Å². The average molecular weight is 271 g/mol. The zero-order chi connectivity index (χ0) is 14.5. The van der Waals surface area contributed by atoms with Gasteiger partial charge in [0, 0.05) is 6.04 Å². The predicted octanol–water partition coefficient (Wildman–Crippen LogP) is 4.34. The third kappa shape index (κ3) is 3.45. The van der Waals surface area contributed by atoms with Crippen molar-refractivity contribution in [3.63, 3.8) is 0 Å². The summed E-state index contributed by atoms with van der Waals surface area (Å²) in [5.41, 5.74) is 5.14. The summed E-state index contributed by atoms with van der Waals surface area (Å²) in [5, 5.41) is 3.50. The molecule has 2 aromatic carbocycles. The molecule has 0 aliphatic heterocycles. The van der Waals surface area contributed by atoms with Crippen LogP contribution in [-0.4, -0.2) is 6.54 Å².